The van der Waals surface area contributed by atoms with Crippen molar-refractivity contribution in [3.63, 3.8) is 0 Å². The van der Waals surface area contributed by atoms with E-state index in [2.05, 4.69) is 77.9 Å². The molecule has 0 aliphatic rings. The number of rotatable bonds is 7. The Morgan fingerprint density at radius 3 is 2.43 bits per heavy atom. The first-order valence-electron chi connectivity index (χ1n) is 9.68. The van der Waals surface area contributed by atoms with Gasteiger partial charge in [-0.3, -0.25) is 0 Å². The van der Waals surface area contributed by atoms with E-state index in [1.807, 2.05) is 30.3 Å². The highest BCUT2D eigenvalue weighted by Gasteiger charge is 2.07. The Kier molecular flexibility index (Phi) is 7.04. The minimum absolute atomic E-state index is 0.642. The van der Waals surface area contributed by atoms with Gasteiger partial charge < -0.3 is 15.5 Å². The van der Waals surface area contributed by atoms with E-state index in [1.54, 1.807) is 0 Å². The second kappa shape index (κ2) is 9.90. The number of benzene rings is 3. The summed E-state index contributed by atoms with van der Waals surface area (Å²) in [6.45, 7) is 6.93. The molecule has 0 radical (unpaired) electrons. The molecule has 0 spiro atoms. The van der Waals surface area contributed by atoms with Crippen LogP contribution in [0.15, 0.2) is 78.9 Å². The van der Waals surface area contributed by atoms with Crippen molar-refractivity contribution in [1.29, 1.82) is 0 Å². The molecule has 0 aliphatic carbocycles. The number of likely N-dealkylation sites (N-methyl/N-ethyl adjacent to an activating group) is 1. The monoisotopic (exact) mass is 389 g/mol. The third-order valence-corrected chi connectivity index (χ3v) is 4.92. The van der Waals surface area contributed by atoms with Crippen LogP contribution in [0.1, 0.15) is 12.5 Å². The standard InChI is InChI=1S/C24H27N3S/c1-3-27(21-13-9-10-19(2)18-21)17-16-25-24(28)26-23-15-8-7-14-22(23)20-11-5-4-6-12-20/h4-15,18H,3,16-17H2,1-2H3,(H2,25,26,28). The maximum atomic E-state index is 5.53. The van der Waals surface area contributed by atoms with Crippen LogP contribution >= 0.6 is 12.2 Å². The van der Waals surface area contributed by atoms with Crippen molar-refractivity contribution in [2.45, 2.75) is 13.8 Å². The number of aryl methyl sites for hydroxylation is 1. The lowest BCUT2D eigenvalue weighted by Gasteiger charge is -2.24. The van der Waals surface area contributed by atoms with E-state index in [-0.39, 0.29) is 0 Å². The Labute approximate surface area is 173 Å². The van der Waals surface area contributed by atoms with Gasteiger partial charge in [-0.2, -0.15) is 0 Å². The molecule has 3 aromatic carbocycles. The summed E-state index contributed by atoms with van der Waals surface area (Å²) in [7, 11) is 0. The molecule has 0 atom stereocenters. The van der Waals surface area contributed by atoms with Crippen LogP contribution in [0.4, 0.5) is 11.4 Å². The Balaban J connectivity index is 1.58. The zero-order valence-electron chi connectivity index (χ0n) is 16.5. The molecule has 0 aliphatic heterocycles. The highest BCUT2D eigenvalue weighted by atomic mass is 32.1. The molecule has 3 nitrogen and oxygen atoms in total. The van der Waals surface area contributed by atoms with E-state index >= 15 is 0 Å². The molecule has 28 heavy (non-hydrogen) atoms. The molecule has 0 saturated carbocycles. The Morgan fingerprint density at radius 1 is 0.929 bits per heavy atom. The number of anilines is 2. The first-order valence-corrected chi connectivity index (χ1v) is 10.1. The smallest absolute Gasteiger partial charge is 0.170 e. The molecular weight excluding hydrogens is 362 g/mol. The maximum Gasteiger partial charge on any atom is 0.170 e. The number of para-hydroxylation sites is 1. The van der Waals surface area contributed by atoms with Gasteiger partial charge in [0.15, 0.2) is 5.11 Å². The first kappa shape index (κ1) is 19.9. The molecule has 0 saturated heterocycles. The fourth-order valence-corrected chi connectivity index (χ4v) is 3.44. The van der Waals surface area contributed by atoms with Crippen molar-refractivity contribution in [3.8, 4) is 11.1 Å². The molecule has 4 heteroatoms. The molecule has 0 unspecified atom stereocenters. The summed E-state index contributed by atoms with van der Waals surface area (Å²) in [5, 5.41) is 7.33. The predicted molar refractivity (Wildman–Crippen MR) is 125 cm³/mol. The number of hydrogen-bond donors (Lipinski definition) is 2. The largest absolute Gasteiger partial charge is 0.370 e. The van der Waals surface area contributed by atoms with Gasteiger partial charge in [-0.05, 0) is 55.4 Å². The first-order chi connectivity index (χ1) is 13.7. The second-order valence-electron chi connectivity index (χ2n) is 6.71. The minimum atomic E-state index is 0.642. The fraction of sp³-hybridized carbons (Fsp3) is 0.208. The molecule has 3 aromatic rings. The fourth-order valence-electron chi connectivity index (χ4n) is 3.23. The van der Waals surface area contributed by atoms with Crippen LogP contribution in [0, 0.1) is 6.92 Å². The normalized spacial score (nSPS) is 10.4. The van der Waals surface area contributed by atoms with Gasteiger partial charge in [-0.1, -0.05) is 60.7 Å². The lowest BCUT2D eigenvalue weighted by molar-refractivity contribution is 0.779. The number of thiocarbonyl (C=S) groups is 1. The molecule has 0 heterocycles. The Bertz CT molecular complexity index is 908. The lowest BCUT2D eigenvalue weighted by atomic mass is 10.0. The van der Waals surface area contributed by atoms with Crippen LogP contribution in [0.5, 0.6) is 0 Å². The van der Waals surface area contributed by atoms with E-state index in [0.29, 0.717) is 5.11 Å². The second-order valence-corrected chi connectivity index (χ2v) is 7.12. The average molecular weight is 390 g/mol. The van der Waals surface area contributed by atoms with Gasteiger partial charge in [0.05, 0.1) is 0 Å². The summed E-state index contributed by atoms with van der Waals surface area (Å²) in [4.78, 5) is 2.35. The van der Waals surface area contributed by atoms with Crippen molar-refractivity contribution < 1.29 is 0 Å². The maximum absolute atomic E-state index is 5.53. The number of hydrogen-bond acceptors (Lipinski definition) is 2. The zero-order valence-corrected chi connectivity index (χ0v) is 17.3. The van der Waals surface area contributed by atoms with Gasteiger partial charge in [-0.15, -0.1) is 0 Å². The van der Waals surface area contributed by atoms with E-state index in [4.69, 9.17) is 12.2 Å². The minimum Gasteiger partial charge on any atom is -0.370 e. The van der Waals surface area contributed by atoms with E-state index in [1.165, 1.54) is 16.8 Å². The van der Waals surface area contributed by atoms with E-state index < -0.39 is 0 Å². The average Bonchev–Trinajstić information content (AvgIpc) is 2.72. The number of nitrogens with zero attached hydrogens (tertiary/aromatic N) is 1. The van der Waals surface area contributed by atoms with Gasteiger partial charge in [0.1, 0.15) is 0 Å². The Morgan fingerprint density at radius 2 is 1.68 bits per heavy atom. The third-order valence-electron chi connectivity index (χ3n) is 4.68. The van der Waals surface area contributed by atoms with Crippen molar-refractivity contribution in [3.05, 3.63) is 84.4 Å². The quantitative estimate of drug-likeness (QED) is 0.524. The molecule has 0 amide bonds. The summed E-state index contributed by atoms with van der Waals surface area (Å²) in [6.07, 6.45) is 0. The summed E-state index contributed by atoms with van der Waals surface area (Å²) >= 11 is 5.53. The van der Waals surface area contributed by atoms with Gasteiger partial charge in [0, 0.05) is 36.6 Å². The molecule has 0 fully saturated rings. The van der Waals surface area contributed by atoms with Gasteiger partial charge in [0.2, 0.25) is 0 Å². The van der Waals surface area contributed by atoms with Crippen LogP contribution in [-0.4, -0.2) is 24.7 Å². The van der Waals surface area contributed by atoms with E-state index in [0.717, 1.165) is 30.9 Å². The van der Waals surface area contributed by atoms with Crippen molar-refractivity contribution in [1.82, 2.24) is 5.32 Å². The topological polar surface area (TPSA) is 27.3 Å². The molecule has 2 N–H and O–H groups in total. The van der Waals surface area contributed by atoms with Crippen molar-refractivity contribution in [2.75, 3.05) is 29.9 Å². The predicted octanol–water partition coefficient (Wildman–Crippen LogP) is 5.47. The lowest BCUT2D eigenvalue weighted by Crippen LogP contribution is -2.37. The highest BCUT2D eigenvalue weighted by Crippen LogP contribution is 2.27. The van der Waals surface area contributed by atoms with E-state index in [9.17, 15) is 0 Å². The molecular formula is C24H27N3S. The Hall–Kier alpha value is -2.85. The molecule has 3 rings (SSSR count). The van der Waals surface area contributed by atoms with Crippen LogP contribution in [0.3, 0.4) is 0 Å². The van der Waals surface area contributed by atoms with Gasteiger partial charge in [0.25, 0.3) is 0 Å². The SMILES string of the molecule is CCN(CCNC(=S)Nc1ccccc1-c1ccccc1)c1cccc(C)c1. The number of nitrogens with one attached hydrogen (secondary N) is 2. The zero-order chi connectivity index (χ0) is 19.8. The van der Waals surface area contributed by atoms with Crippen molar-refractivity contribution >= 4 is 28.7 Å². The highest BCUT2D eigenvalue weighted by molar-refractivity contribution is 7.80. The van der Waals surface area contributed by atoms with Gasteiger partial charge >= 0.3 is 0 Å². The summed E-state index contributed by atoms with van der Waals surface area (Å²) < 4.78 is 0. The van der Waals surface area contributed by atoms with Crippen LogP contribution in [0.2, 0.25) is 0 Å². The molecule has 0 aromatic heterocycles. The van der Waals surface area contributed by atoms with Crippen molar-refractivity contribution in [2.24, 2.45) is 0 Å². The molecule has 144 valence electrons. The summed E-state index contributed by atoms with van der Waals surface area (Å²) in [6, 6.07) is 27.2. The third kappa shape index (κ3) is 5.33. The van der Waals surface area contributed by atoms with Crippen LogP contribution < -0.4 is 15.5 Å². The van der Waals surface area contributed by atoms with Gasteiger partial charge in [-0.25, -0.2) is 0 Å². The van der Waals surface area contributed by atoms with Crippen LogP contribution in [-0.2, 0) is 0 Å². The summed E-state index contributed by atoms with van der Waals surface area (Å²) in [5.41, 5.74) is 5.85. The van der Waals surface area contributed by atoms with Crippen LogP contribution in [0.25, 0.3) is 11.1 Å². The molecule has 0 bridgehead atoms. The summed E-state index contributed by atoms with van der Waals surface area (Å²) in [5.74, 6) is 0.